The van der Waals surface area contributed by atoms with Crippen LogP contribution in [0.4, 0.5) is 9.59 Å². The molecular formula is C97H219N12O15PS7. The van der Waals surface area contributed by atoms with Crippen LogP contribution < -0.4 is 0 Å². The van der Waals surface area contributed by atoms with E-state index in [0.717, 1.165) is 19.9 Å². The molecule has 0 aromatic heterocycles. The lowest BCUT2D eigenvalue weighted by molar-refractivity contribution is -0.151. The highest BCUT2D eigenvalue weighted by Gasteiger charge is 2.32. The van der Waals surface area contributed by atoms with Gasteiger partial charge in [-0.3, -0.25) is 23.4 Å². The summed E-state index contributed by atoms with van der Waals surface area (Å²) >= 11 is 18.7. The maximum absolute atomic E-state index is 12.0. The van der Waals surface area contributed by atoms with Gasteiger partial charge in [0.25, 0.3) is 5.17 Å². The molecule has 0 fully saturated rings. The molecule has 0 aromatic rings. The number of carbonyl (C=O) groups is 5. The van der Waals surface area contributed by atoms with Crippen molar-refractivity contribution < 1.29 is 69.2 Å². The van der Waals surface area contributed by atoms with Crippen LogP contribution in [0.25, 0.3) is 0 Å². The average molecular weight is 2050 g/mol. The molecule has 132 heavy (non-hydrogen) atoms. The number of hydrogen-bond donors (Lipinski definition) is 0. The average Bonchev–Trinajstić information content (AvgIpc) is 0.855. The van der Waals surface area contributed by atoms with Crippen molar-refractivity contribution in [3.8, 4) is 0 Å². The zero-order chi connectivity index (χ0) is 110. The fraction of sp³-hybridized carbons (Fsp3) is 0.918. The molecule has 0 bridgehead atoms. The maximum atomic E-state index is 12.0. The number of amides is 4. The van der Waals surface area contributed by atoms with E-state index in [2.05, 4.69) is 123 Å². The fourth-order valence-electron chi connectivity index (χ4n) is 7.64. The predicted octanol–water partition coefficient (Wildman–Crippen LogP) is 23.3. The second-order valence-electron chi connectivity index (χ2n) is 38.6. The van der Waals surface area contributed by atoms with Gasteiger partial charge in [-0.25, -0.2) is 40.1 Å². The fourth-order valence-corrected chi connectivity index (χ4v) is 13.8. The van der Waals surface area contributed by atoms with Crippen LogP contribution >= 0.6 is 67.9 Å². The van der Waals surface area contributed by atoms with Crippen LogP contribution in [-0.4, -0.2) is 352 Å². The van der Waals surface area contributed by atoms with E-state index in [0.29, 0.717) is 65.5 Å². The summed E-state index contributed by atoms with van der Waals surface area (Å²) < 4.78 is 81.6. The van der Waals surface area contributed by atoms with Crippen molar-refractivity contribution in [2.45, 2.75) is 450 Å². The highest BCUT2D eigenvalue weighted by atomic mass is 32.2. The van der Waals surface area contributed by atoms with Crippen molar-refractivity contribution >= 4 is 133 Å². The Bertz CT molecular complexity index is 2820. The summed E-state index contributed by atoms with van der Waals surface area (Å²) in [5.41, 5.74) is 0. The Morgan fingerprint density at radius 3 is 0.811 bits per heavy atom. The smallest absolute Gasteiger partial charge is 0.409 e. The zero-order valence-electron chi connectivity index (χ0n) is 97.7. The minimum Gasteiger partial charge on any atom is -0.474 e. The molecule has 27 nitrogen and oxygen atoms in total. The molecule has 0 N–H and O–H groups in total. The largest absolute Gasteiger partial charge is 0.474 e. The van der Waals surface area contributed by atoms with Crippen LogP contribution in [0.1, 0.15) is 332 Å². The predicted molar refractivity (Wildman–Crippen MR) is 595 cm³/mol. The zero-order valence-corrected chi connectivity index (χ0v) is 104. The first-order valence-corrected chi connectivity index (χ1v) is 54.7. The first kappa shape index (κ1) is 160. The lowest BCUT2D eigenvalue weighted by Gasteiger charge is -2.30. The van der Waals surface area contributed by atoms with Gasteiger partial charge in [-0.2, -0.15) is 11.8 Å². The Balaban J connectivity index is -0.0000000949. The molecule has 0 aliphatic rings. The molecule has 0 aromatic carbocycles. The van der Waals surface area contributed by atoms with Crippen molar-refractivity contribution in [2.24, 2.45) is 23.7 Å². The number of sulfonamides is 1. The number of methoxy groups -OCH3 is 2. The van der Waals surface area contributed by atoms with Gasteiger partial charge >= 0.3 is 25.8 Å². The quantitative estimate of drug-likeness (QED) is 0.0383. The van der Waals surface area contributed by atoms with E-state index < -0.39 is 28.8 Å². The first-order valence-electron chi connectivity index (χ1n) is 47.1. The number of Topliss-reactive ketones (excluding diaryl/α,β-unsaturated/α-hetero) is 1. The molecular weight excluding hydrogens is 1830 g/mol. The third kappa shape index (κ3) is 96.1. The molecule has 4 amide bonds. The van der Waals surface area contributed by atoms with E-state index in [1.165, 1.54) is 23.4 Å². The molecule has 0 saturated carbocycles. The van der Waals surface area contributed by atoms with E-state index in [9.17, 15) is 41.2 Å². The molecule has 0 saturated heterocycles. The van der Waals surface area contributed by atoms with E-state index in [4.69, 9.17) is 59.9 Å². The van der Waals surface area contributed by atoms with Gasteiger partial charge in [-0.05, 0) is 305 Å². The molecule has 0 radical (unpaired) electrons. The number of ether oxygens (including phenoxy) is 4. The second kappa shape index (κ2) is 89.5. The van der Waals surface area contributed by atoms with Gasteiger partial charge in [0.1, 0.15) is 10.1 Å². The third-order valence-corrected chi connectivity index (χ3v) is 28.7. The number of nitrogens with zero attached hydrogens (tertiary/aromatic N) is 12. The SMILES string of the molecule is CC(C)C(=O)C(C)C.CC(C)C(=O)N(C)C(C)C.CC(C)N(C)C(=O)N(C)C(C)C.CC(C)N(C)C(=S)N(C)C.CC(C)N(C)C(C)C.CC(C)N(C)S(=O)(=O)C(C)C.CC(C)N(C)S(=O)C(C)C.CC(C)OC(=O)C(C)C.CC(C)OC(C)C.CC(C)SC(C)C.COC(=O)N(C)C(C)C.COC(=S)N(C)C(C)C.COP(=O)(OC(C)C)N(C)C(C)C.CSC(=S)N(C)C(C)C. The van der Waals surface area contributed by atoms with Gasteiger partial charge < -0.3 is 63.0 Å². The molecule has 0 spiro atoms. The number of rotatable bonds is 29. The molecule has 35 heteroatoms. The van der Waals surface area contributed by atoms with Gasteiger partial charge in [-0.1, -0.05) is 95.3 Å². The highest BCUT2D eigenvalue weighted by molar-refractivity contribution is 8.22. The Hall–Kier alpha value is -2.83. The lowest BCUT2D eigenvalue weighted by atomic mass is 9.99. The molecule has 2 unspecified atom stereocenters. The summed E-state index contributed by atoms with van der Waals surface area (Å²) in [4.78, 5) is 72.1. The summed E-state index contributed by atoms with van der Waals surface area (Å²) in [7, 11) is 21.9. The molecule has 0 aliphatic carbocycles. The van der Waals surface area contributed by atoms with E-state index in [1.807, 2.05) is 317 Å². The van der Waals surface area contributed by atoms with Crippen LogP contribution in [-0.2, 0) is 68.0 Å². The second-order valence-corrected chi connectivity index (χ2v) is 49.7. The molecule has 0 aliphatic heterocycles. The van der Waals surface area contributed by atoms with Gasteiger partial charge in [0.2, 0.25) is 15.9 Å². The van der Waals surface area contributed by atoms with E-state index in [-0.39, 0.29) is 101 Å². The number of esters is 1. The normalized spacial score (nSPS) is 11.7. The number of thiocarbonyl (C=S) groups is 3. The van der Waals surface area contributed by atoms with Crippen molar-refractivity contribution in [2.75, 3.05) is 119 Å². The maximum Gasteiger partial charge on any atom is 0.409 e. The minimum atomic E-state index is -3.07. The van der Waals surface area contributed by atoms with Crippen LogP contribution in [0, 0.1) is 23.7 Å². The number of ketones is 1. The van der Waals surface area contributed by atoms with Gasteiger partial charge in [0.15, 0.2) is 5.11 Å². The first-order chi connectivity index (χ1) is 59.1. The standard InChI is InChI=1S/C9H20N2O.C8H20NO3P.C8H17NO.C7H16N2S.C7H17NO2S.C7H17NOS.C7H17N.C7H14O2.C7H14O.C6H13NO2.C6H13NOS.C6H13NS2.C6H14O.C6H14S/c1-7(2)10(5)9(12)11(6)8(3)4;1-7(2)9(5)13(10,11-6)12-8(3)4;1-6(2)8(10)9(5)7(3)4;1-6(2)9(5)7(10)8(3)4;1-6(2)8(5)11(9,10)7(3)4;1-6(2)8(5)10(9)7(3)4;1-6(2)8(5)7(3)4;1-5(2)7(8)9-6(3)4;1-5(2)7(8)6(3)4;1-5(2)7(3)6(8)9-4;1-5(2)7(3)6(9)8-4;1-5(2)7(3)6(8)9-4;2*1-5(2)7-6(3)4/h7-8H,1-6H3;7-8H,1-6H3;6-7H,1-5H3;6H,1-5H3;6-7H,1-5H3;6-7H,1-5H3;6-7H,1-5H3;5-6H,1-4H3;5-6H,1-4H3;3*5H,1-4H3;2*5-6H,1-4H3. The molecule has 0 rings (SSSR count). The number of carbonyl (C=O) groups excluding carboxylic acids is 5. The van der Waals surface area contributed by atoms with Crippen molar-refractivity contribution in [1.82, 2.24) is 57.4 Å². The monoisotopic (exact) mass is 2050 g/mol. The number of hydrogen-bond acceptors (Lipinski definition) is 21. The van der Waals surface area contributed by atoms with Crippen molar-refractivity contribution in [1.29, 1.82) is 0 Å². The van der Waals surface area contributed by atoms with Gasteiger partial charge in [-0.15, -0.1) is 11.8 Å². The van der Waals surface area contributed by atoms with Crippen molar-refractivity contribution in [3.05, 3.63) is 0 Å². The minimum absolute atomic E-state index is 0.00704. The van der Waals surface area contributed by atoms with E-state index >= 15 is 0 Å². The van der Waals surface area contributed by atoms with Crippen LogP contribution in [0.3, 0.4) is 0 Å². The molecule has 2 atom stereocenters. The van der Waals surface area contributed by atoms with Gasteiger partial charge in [0.05, 0.1) is 60.8 Å². The van der Waals surface area contributed by atoms with Crippen LogP contribution in [0.2, 0.25) is 0 Å². The topological polar surface area (TPSA) is 248 Å². The molecule has 0 heterocycles. The lowest BCUT2D eigenvalue weighted by Crippen LogP contribution is -2.45. The highest BCUT2D eigenvalue weighted by Crippen LogP contribution is 2.52. The van der Waals surface area contributed by atoms with Crippen molar-refractivity contribution in [3.63, 3.8) is 0 Å². The summed E-state index contributed by atoms with van der Waals surface area (Å²) in [6.45, 7) is 96.0. The summed E-state index contributed by atoms with van der Waals surface area (Å²) in [5.74, 6) is 0.967. The third-order valence-electron chi connectivity index (χ3n) is 18.5. The van der Waals surface area contributed by atoms with E-state index in [1.54, 1.807) is 73.2 Å². The van der Waals surface area contributed by atoms with Crippen LogP contribution in [0.5, 0.6) is 0 Å². The molecule has 804 valence electrons. The number of thioether (sulfide) groups is 2. The van der Waals surface area contributed by atoms with Gasteiger partial charge in [0, 0.05) is 180 Å². The summed E-state index contributed by atoms with van der Waals surface area (Å²) in [5, 5.41) is 2.92. The summed E-state index contributed by atoms with van der Waals surface area (Å²) in [6, 6.07) is 4.43. The Kier molecular flexibility index (Phi) is 108. The van der Waals surface area contributed by atoms with Crippen LogP contribution in [0.15, 0.2) is 0 Å². The summed E-state index contributed by atoms with van der Waals surface area (Å²) in [6.07, 6.45) is 2.37. The Morgan fingerprint density at radius 2 is 0.712 bits per heavy atom. The Morgan fingerprint density at radius 1 is 0.379 bits per heavy atom. The number of urea groups is 1. The Labute approximate surface area is 847 Å².